The predicted molar refractivity (Wildman–Crippen MR) is 106 cm³/mol. The number of fused-ring (bicyclic) bond motifs is 6. The molecule has 1 nitrogen and oxygen atoms in total. The number of aryl methyl sites for hydroxylation is 1. The van der Waals surface area contributed by atoms with Gasteiger partial charge in [-0.1, -0.05) is 55.1 Å². The van der Waals surface area contributed by atoms with Crippen LogP contribution in [0.3, 0.4) is 0 Å². The third-order valence-electron chi connectivity index (χ3n) is 5.12. The van der Waals surface area contributed by atoms with Crippen molar-refractivity contribution in [1.82, 2.24) is 4.57 Å². The van der Waals surface area contributed by atoms with Crippen LogP contribution < -0.4 is 0 Å². The normalized spacial score (nSPS) is 11.7. The zero-order chi connectivity index (χ0) is 16.3. The smallest absolute Gasteiger partial charge is 0.0562 e. The third kappa shape index (κ3) is 1.70. The van der Waals surface area contributed by atoms with Crippen molar-refractivity contribution in [1.29, 1.82) is 0 Å². The summed E-state index contributed by atoms with van der Waals surface area (Å²) in [5.74, 6) is 0. The molecular weight excluding hydrogens is 290 g/mol. The van der Waals surface area contributed by atoms with E-state index in [4.69, 9.17) is 0 Å². The highest BCUT2D eigenvalue weighted by Crippen LogP contribution is 2.34. The maximum atomic E-state index is 3.93. The molecule has 0 saturated heterocycles. The summed E-state index contributed by atoms with van der Waals surface area (Å²) in [5, 5.41) is 9.05. The molecule has 24 heavy (non-hydrogen) atoms. The molecule has 0 saturated carbocycles. The molecule has 4 aromatic carbocycles. The zero-order valence-corrected chi connectivity index (χ0v) is 13.6. The maximum Gasteiger partial charge on any atom is 0.0562 e. The van der Waals surface area contributed by atoms with Gasteiger partial charge in [0.25, 0.3) is 0 Å². The number of hydrogen-bond acceptors (Lipinski definition) is 0. The topological polar surface area (TPSA) is 4.93 Å². The molecule has 0 aliphatic rings. The van der Waals surface area contributed by atoms with E-state index >= 15 is 0 Å². The fraction of sp³-hybridized carbons (Fsp3) is 0.0435. The molecule has 0 fully saturated rings. The van der Waals surface area contributed by atoms with Crippen LogP contribution in [-0.2, 0) is 7.05 Å². The van der Waals surface area contributed by atoms with E-state index < -0.39 is 0 Å². The third-order valence-corrected chi connectivity index (χ3v) is 5.12. The zero-order valence-electron chi connectivity index (χ0n) is 13.6. The minimum absolute atomic E-state index is 1.15. The molecule has 0 spiro atoms. The lowest BCUT2D eigenvalue weighted by Gasteiger charge is -2.09. The molecule has 0 unspecified atom stereocenters. The second kappa shape index (κ2) is 4.72. The maximum absolute atomic E-state index is 3.93. The summed E-state index contributed by atoms with van der Waals surface area (Å²) in [6.45, 7) is 3.93. The van der Waals surface area contributed by atoms with Gasteiger partial charge in [0.1, 0.15) is 0 Å². The van der Waals surface area contributed by atoms with Crippen molar-refractivity contribution in [2.24, 2.45) is 7.05 Å². The molecule has 1 aromatic heterocycles. The largest absolute Gasteiger partial charge is 0.344 e. The number of rotatable bonds is 1. The monoisotopic (exact) mass is 307 g/mol. The van der Waals surface area contributed by atoms with Crippen LogP contribution in [0.4, 0.5) is 0 Å². The Kier molecular flexibility index (Phi) is 2.63. The van der Waals surface area contributed by atoms with Crippen molar-refractivity contribution >= 4 is 49.3 Å². The summed E-state index contributed by atoms with van der Waals surface area (Å²) in [4.78, 5) is 0. The molecule has 1 heterocycles. The van der Waals surface area contributed by atoms with Gasteiger partial charge in [0.15, 0.2) is 0 Å². The van der Waals surface area contributed by atoms with Crippen molar-refractivity contribution in [3.05, 3.63) is 79.0 Å². The van der Waals surface area contributed by atoms with E-state index in [1.165, 1.54) is 43.2 Å². The summed E-state index contributed by atoms with van der Waals surface area (Å²) in [6, 6.07) is 24.3. The minimum atomic E-state index is 1.15. The van der Waals surface area contributed by atoms with E-state index in [1.807, 2.05) is 6.08 Å². The van der Waals surface area contributed by atoms with Crippen molar-refractivity contribution < 1.29 is 0 Å². The summed E-state index contributed by atoms with van der Waals surface area (Å²) >= 11 is 0. The van der Waals surface area contributed by atoms with Gasteiger partial charge in [-0.15, -0.1) is 0 Å². The van der Waals surface area contributed by atoms with Crippen LogP contribution in [0.2, 0.25) is 0 Å². The Bertz CT molecular complexity index is 1270. The standard InChI is InChI=1S/C23H17N/c1-3-19-13-18-9-10-20-21(23(18)24(19)2)11-8-17-12-15-6-4-5-7-16(15)14-22(17)20/h3-14H,1H2,2H3. The molecule has 0 radical (unpaired) electrons. The van der Waals surface area contributed by atoms with Gasteiger partial charge in [0.2, 0.25) is 0 Å². The van der Waals surface area contributed by atoms with E-state index in [0.717, 1.165) is 5.69 Å². The van der Waals surface area contributed by atoms with Gasteiger partial charge in [-0.05, 0) is 51.2 Å². The Morgan fingerprint density at radius 3 is 2.21 bits per heavy atom. The molecular formula is C23H17N. The lowest BCUT2D eigenvalue weighted by atomic mass is 9.97. The first-order valence-corrected chi connectivity index (χ1v) is 8.22. The summed E-state index contributed by atoms with van der Waals surface area (Å²) < 4.78 is 2.23. The minimum Gasteiger partial charge on any atom is -0.344 e. The molecule has 114 valence electrons. The second-order valence-electron chi connectivity index (χ2n) is 6.42. The van der Waals surface area contributed by atoms with Crippen LogP contribution in [0, 0.1) is 0 Å². The van der Waals surface area contributed by atoms with Crippen molar-refractivity contribution in [2.45, 2.75) is 0 Å². The number of benzene rings is 4. The molecule has 0 N–H and O–H groups in total. The average molecular weight is 307 g/mol. The highest BCUT2D eigenvalue weighted by atomic mass is 14.9. The molecule has 0 atom stereocenters. The Balaban J connectivity index is 2.00. The Morgan fingerprint density at radius 1 is 0.708 bits per heavy atom. The summed E-state index contributed by atoms with van der Waals surface area (Å²) in [6.07, 6.45) is 1.92. The van der Waals surface area contributed by atoms with Crippen molar-refractivity contribution in [3.8, 4) is 0 Å². The molecule has 0 amide bonds. The quantitative estimate of drug-likeness (QED) is 0.254. The SMILES string of the molecule is C=Cc1cc2ccc3c4cc5ccccc5cc4ccc3c2n1C. The lowest BCUT2D eigenvalue weighted by Crippen LogP contribution is -1.91. The van der Waals surface area contributed by atoms with Crippen LogP contribution in [0.15, 0.2) is 73.3 Å². The molecule has 0 aliphatic carbocycles. The highest BCUT2D eigenvalue weighted by molar-refractivity contribution is 6.18. The van der Waals surface area contributed by atoms with Gasteiger partial charge in [0, 0.05) is 23.5 Å². The van der Waals surface area contributed by atoms with Crippen LogP contribution in [-0.4, -0.2) is 4.57 Å². The molecule has 5 rings (SSSR count). The molecule has 1 heteroatoms. The molecule has 0 bridgehead atoms. The van der Waals surface area contributed by atoms with Crippen molar-refractivity contribution in [2.75, 3.05) is 0 Å². The van der Waals surface area contributed by atoms with Gasteiger partial charge in [0.05, 0.1) is 5.52 Å². The highest BCUT2D eigenvalue weighted by Gasteiger charge is 2.10. The number of nitrogens with zero attached hydrogens (tertiary/aromatic N) is 1. The van der Waals surface area contributed by atoms with Gasteiger partial charge in [-0.2, -0.15) is 0 Å². The molecule has 0 aliphatic heterocycles. The predicted octanol–water partition coefficient (Wildman–Crippen LogP) is 6.28. The van der Waals surface area contributed by atoms with Gasteiger partial charge < -0.3 is 4.57 Å². The van der Waals surface area contributed by atoms with Gasteiger partial charge >= 0.3 is 0 Å². The number of hydrogen-bond donors (Lipinski definition) is 0. The molecule has 5 aromatic rings. The van der Waals surface area contributed by atoms with Crippen LogP contribution in [0.5, 0.6) is 0 Å². The Hall–Kier alpha value is -3.06. The van der Waals surface area contributed by atoms with E-state index in [2.05, 4.69) is 84.9 Å². The fourth-order valence-corrected chi connectivity index (χ4v) is 3.90. The van der Waals surface area contributed by atoms with E-state index in [1.54, 1.807) is 0 Å². The van der Waals surface area contributed by atoms with E-state index in [9.17, 15) is 0 Å². The van der Waals surface area contributed by atoms with Crippen LogP contribution in [0.1, 0.15) is 5.69 Å². The Morgan fingerprint density at radius 2 is 1.42 bits per heavy atom. The van der Waals surface area contributed by atoms with Gasteiger partial charge in [-0.3, -0.25) is 0 Å². The summed E-state index contributed by atoms with van der Waals surface area (Å²) in [7, 11) is 2.11. The number of aromatic nitrogens is 1. The fourth-order valence-electron chi connectivity index (χ4n) is 3.90. The van der Waals surface area contributed by atoms with Crippen LogP contribution >= 0.6 is 0 Å². The summed E-state index contributed by atoms with van der Waals surface area (Å²) in [5.41, 5.74) is 2.42. The van der Waals surface area contributed by atoms with Crippen LogP contribution in [0.25, 0.3) is 49.3 Å². The first kappa shape index (κ1) is 13.4. The van der Waals surface area contributed by atoms with E-state index in [0.29, 0.717) is 0 Å². The Labute approximate surface area is 140 Å². The average Bonchev–Trinajstić information content (AvgIpc) is 2.96. The first-order chi connectivity index (χ1) is 11.8. The second-order valence-corrected chi connectivity index (χ2v) is 6.42. The lowest BCUT2D eigenvalue weighted by molar-refractivity contribution is 0.959. The first-order valence-electron chi connectivity index (χ1n) is 8.22. The van der Waals surface area contributed by atoms with Gasteiger partial charge in [-0.25, -0.2) is 0 Å². The van der Waals surface area contributed by atoms with Crippen molar-refractivity contribution in [3.63, 3.8) is 0 Å². The van der Waals surface area contributed by atoms with E-state index in [-0.39, 0.29) is 0 Å².